The maximum absolute atomic E-state index is 12.6. The monoisotopic (exact) mass is 359 g/mol. The van der Waals surface area contributed by atoms with Gasteiger partial charge in [-0.15, -0.1) is 0 Å². The van der Waals surface area contributed by atoms with Crippen molar-refractivity contribution in [3.05, 3.63) is 63.7 Å². The van der Waals surface area contributed by atoms with E-state index in [0.717, 1.165) is 11.1 Å². The SMILES string of the molecule is CCC(Oc1ccc(Cl)c(C)c1)C(=O)NC(C)c1cc(C)ccc1C. The number of hydrogen-bond acceptors (Lipinski definition) is 2. The second-order valence-electron chi connectivity index (χ2n) is 6.52. The van der Waals surface area contributed by atoms with E-state index in [9.17, 15) is 4.79 Å². The van der Waals surface area contributed by atoms with Crippen molar-refractivity contribution in [2.45, 2.75) is 53.2 Å². The lowest BCUT2D eigenvalue weighted by molar-refractivity contribution is -0.128. The average molecular weight is 360 g/mol. The average Bonchev–Trinajstić information content (AvgIpc) is 2.57. The second kappa shape index (κ2) is 8.39. The first kappa shape index (κ1) is 19.3. The van der Waals surface area contributed by atoms with Crippen molar-refractivity contribution in [1.82, 2.24) is 5.32 Å². The highest BCUT2D eigenvalue weighted by Crippen LogP contribution is 2.23. The van der Waals surface area contributed by atoms with Crippen molar-refractivity contribution < 1.29 is 9.53 Å². The zero-order valence-electron chi connectivity index (χ0n) is 15.5. The molecule has 0 aliphatic carbocycles. The molecule has 3 nitrogen and oxygen atoms in total. The molecule has 0 aromatic heterocycles. The Hall–Kier alpha value is -2.00. The minimum atomic E-state index is -0.534. The van der Waals surface area contributed by atoms with Gasteiger partial charge >= 0.3 is 0 Å². The van der Waals surface area contributed by atoms with E-state index in [0.29, 0.717) is 17.2 Å². The van der Waals surface area contributed by atoms with Crippen LogP contribution in [-0.2, 0) is 4.79 Å². The smallest absolute Gasteiger partial charge is 0.261 e. The third-order valence-corrected chi connectivity index (χ3v) is 4.76. The van der Waals surface area contributed by atoms with Gasteiger partial charge in [0, 0.05) is 5.02 Å². The zero-order chi connectivity index (χ0) is 18.6. The van der Waals surface area contributed by atoms with Gasteiger partial charge in [-0.3, -0.25) is 4.79 Å². The number of hydrogen-bond donors (Lipinski definition) is 1. The van der Waals surface area contributed by atoms with E-state index < -0.39 is 6.10 Å². The predicted molar refractivity (Wildman–Crippen MR) is 103 cm³/mol. The first-order valence-electron chi connectivity index (χ1n) is 8.62. The molecule has 0 fully saturated rings. The molecule has 25 heavy (non-hydrogen) atoms. The fourth-order valence-electron chi connectivity index (χ4n) is 2.79. The lowest BCUT2D eigenvalue weighted by Crippen LogP contribution is -2.39. The molecule has 0 spiro atoms. The Morgan fingerprint density at radius 1 is 1.12 bits per heavy atom. The van der Waals surface area contributed by atoms with Crippen LogP contribution in [0.2, 0.25) is 5.02 Å². The van der Waals surface area contributed by atoms with Crippen molar-refractivity contribution in [2.24, 2.45) is 0 Å². The standard InChI is InChI=1S/C21H26ClNO2/c1-6-20(25-17-9-10-19(22)15(4)12-17)21(24)23-16(5)18-11-13(2)7-8-14(18)3/h7-12,16,20H,6H2,1-5H3,(H,23,24). The third kappa shape index (κ3) is 4.99. The molecule has 134 valence electrons. The molecule has 0 saturated carbocycles. The quantitative estimate of drug-likeness (QED) is 0.760. The zero-order valence-corrected chi connectivity index (χ0v) is 16.3. The summed E-state index contributed by atoms with van der Waals surface area (Å²) in [6.45, 7) is 9.97. The second-order valence-corrected chi connectivity index (χ2v) is 6.92. The van der Waals surface area contributed by atoms with Crippen molar-refractivity contribution in [2.75, 3.05) is 0 Å². The molecule has 2 rings (SSSR count). The molecule has 0 bridgehead atoms. The largest absolute Gasteiger partial charge is 0.481 e. The minimum Gasteiger partial charge on any atom is -0.481 e. The topological polar surface area (TPSA) is 38.3 Å². The molecular weight excluding hydrogens is 334 g/mol. The van der Waals surface area contributed by atoms with E-state index in [1.54, 1.807) is 12.1 Å². The Labute approximate surface area is 155 Å². The Bertz CT molecular complexity index is 758. The van der Waals surface area contributed by atoms with Crippen LogP contribution in [0.1, 0.15) is 48.6 Å². The molecule has 2 aromatic carbocycles. The van der Waals surface area contributed by atoms with Gasteiger partial charge in [0.25, 0.3) is 5.91 Å². The summed E-state index contributed by atoms with van der Waals surface area (Å²) in [6, 6.07) is 11.6. The van der Waals surface area contributed by atoms with E-state index in [4.69, 9.17) is 16.3 Å². The lowest BCUT2D eigenvalue weighted by Gasteiger charge is -2.22. The van der Waals surface area contributed by atoms with Gasteiger partial charge in [0.05, 0.1) is 6.04 Å². The number of rotatable bonds is 6. The summed E-state index contributed by atoms with van der Waals surface area (Å²) in [5.41, 5.74) is 4.41. The Morgan fingerprint density at radius 3 is 2.48 bits per heavy atom. The molecule has 0 aliphatic rings. The number of carbonyl (C=O) groups is 1. The maximum atomic E-state index is 12.6. The number of aryl methyl sites for hydroxylation is 3. The molecule has 0 saturated heterocycles. The first-order chi connectivity index (χ1) is 11.8. The number of amides is 1. The van der Waals surface area contributed by atoms with Crippen molar-refractivity contribution in [1.29, 1.82) is 0 Å². The molecular formula is C21H26ClNO2. The molecule has 2 atom stereocenters. The van der Waals surface area contributed by atoms with Crippen molar-refractivity contribution in [3.63, 3.8) is 0 Å². The molecule has 0 aliphatic heterocycles. The van der Waals surface area contributed by atoms with Crippen LogP contribution in [-0.4, -0.2) is 12.0 Å². The normalized spacial score (nSPS) is 13.2. The van der Waals surface area contributed by atoms with Crippen LogP contribution in [0.3, 0.4) is 0 Å². The van der Waals surface area contributed by atoms with Gasteiger partial charge in [-0.1, -0.05) is 42.3 Å². The molecule has 2 aromatic rings. The minimum absolute atomic E-state index is 0.0722. The van der Waals surface area contributed by atoms with E-state index >= 15 is 0 Å². The van der Waals surface area contributed by atoms with Crippen LogP contribution in [0, 0.1) is 20.8 Å². The molecule has 1 amide bonds. The van der Waals surface area contributed by atoms with E-state index in [-0.39, 0.29) is 11.9 Å². The van der Waals surface area contributed by atoms with Gasteiger partial charge < -0.3 is 10.1 Å². The summed E-state index contributed by atoms with van der Waals surface area (Å²) in [5, 5.41) is 3.76. The van der Waals surface area contributed by atoms with Gasteiger partial charge in [-0.2, -0.15) is 0 Å². The fourth-order valence-corrected chi connectivity index (χ4v) is 2.91. The molecule has 2 unspecified atom stereocenters. The summed E-state index contributed by atoms with van der Waals surface area (Å²) in [4.78, 5) is 12.6. The summed E-state index contributed by atoms with van der Waals surface area (Å²) in [7, 11) is 0. The van der Waals surface area contributed by atoms with Crippen LogP contribution in [0.5, 0.6) is 5.75 Å². The van der Waals surface area contributed by atoms with Gasteiger partial charge in [-0.05, 0) is 69.0 Å². The highest BCUT2D eigenvalue weighted by atomic mass is 35.5. The predicted octanol–water partition coefficient (Wildman–Crippen LogP) is 5.30. The lowest BCUT2D eigenvalue weighted by atomic mass is 10.00. The summed E-state index contributed by atoms with van der Waals surface area (Å²) < 4.78 is 5.88. The number of halogens is 1. The number of benzene rings is 2. The van der Waals surface area contributed by atoms with Gasteiger partial charge in [0.15, 0.2) is 6.10 Å². The van der Waals surface area contributed by atoms with E-state index in [1.807, 2.05) is 26.8 Å². The van der Waals surface area contributed by atoms with E-state index in [2.05, 4.69) is 37.4 Å². The van der Waals surface area contributed by atoms with Crippen LogP contribution < -0.4 is 10.1 Å². The van der Waals surface area contributed by atoms with Crippen LogP contribution >= 0.6 is 11.6 Å². The third-order valence-electron chi connectivity index (χ3n) is 4.33. The Balaban J connectivity index is 2.08. The summed E-state index contributed by atoms with van der Waals surface area (Å²) >= 11 is 6.04. The molecule has 1 N–H and O–H groups in total. The highest BCUT2D eigenvalue weighted by molar-refractivity contribution is 6.31. The number of carbonyl (C=O) groups excluding carboxylic acids is 1. The molecule has 0 heterocycles. The fraction of sp³-hybridized carbons (Fsp3) is 0.381. The van der Waals surface area contributed by atoms with Gasteiger partial charge in [0.2, 0.25) is 0 Å². The summed E-state index contributed by atoms with van der Waals surface area (Å²) in [5.74, 6) is 0.548. The van der Waals surface area contributed by atoms with E-state index in [1.165, 1.54) is 11.1 Å². The number of nitrogens with one attached hydrogen (secondary N) is 1. The summed E-state index contributed by atoms with van der Waals surface area (Å²) in [6.07, 6.45) is 0.0562. The first-order valence-corrected chi connectivity index (χ1v) is 9.00. The van der Waals surface area contributed by atoms with Crippen LogP contribution in [0.25, 0.3) is 0 Å². The van der Waals surface area contributed by atoms with Crippen molar-refractivity contribution >= 4 is 17.5 Å². The highest BCUT2D eigenvalue weighted by Gasteiger charge is 2.21. The van der Waals surface area contributed by atoms with Crippen LogP contribution in [0.15, 0.2) is 36.4 Å². The Morgan fingerprint density at radius 2 is 1.84 bits per heavy atom. The molecule has 4 heteroatoms. The number of ether oxygens (including phenoxy) is 1. The molecule has 0 radical (unpaired) electrons. The van der Waals surface area contributed by atoms with Crippen LogP contribution in [0.4, 0.5) is 0 Å². The van der Waals surface area contributed by atoms with Gasteiger partial charge in [0.1, 0.15) is 5.75 Å². The Kier molecular flexibility index (Phi) is 6.49. The van der Waals surface area contributed by atoms with Crippen molar-refractivity contribution in [3.8, 4) is 5.75 Å². The maximum Gasteiger partial charge on any atom is 0.261 e. The van der Waals surface area contributed by atoms with Gasteiger partial charge in [-0.25, -0.2) is 0 Å².